The fraction of sp³-hybridized carbons (Fsp3) is 0.722. The molecule has 1 N–H and O–H groups in total. The number of allylic oxidation sites excluding steroid dienone is 3. The molecule has 1 aliphatic rings. The van der Waals surface area contributed by atoms with Crippen LogP contribution in [0.5, 0.6) is 0 Å². The molecule has 1 saturated heterocycles. The Hall–Kier alpha value is -1.09. The van der Waals surface area contributed by atoms with Crippen molar-refractivity contribution in [2.45, 2.75) is 83.3 Å². The zero-order valence-electron chi connectivity index (χ0n) is 13.3. The molecule has 0 amide bonds. The first-order valence-corrected chi connectivity index (χ1v) is 8.41. The van der Waals surface area contributed by atoms with Crippen LogP contribution in [0.2, 0.25) is 0 Å². The van der Waals surface area contributed by atoms with Gasteiger partial charge < -0.3 is 9.84 Å². The average molecular weight is 294 g/mol. The molecule has 1 rings (SSSR count). The molecule has 2 atom stereocenters. The highest BCUT2D eigenvalue weighted by Crippen LogP contribution is 2.28. The van der Waals surface area contributed by atoms with Gasteiger partial charge in [-0.25, -0.2) is 0 Å². The van der Waals surface area contributed by atoms with Gasteiger partial charge in [-0.05, 0) is 38.5 Å². The summed E-state index contributed by atoms with van der Waals surface area (Å²) >= 11 is 0. The van der Waals surface area contributed by atoms with Crippen LogP contribution in [-0.4, -0.2) is 23.3 Å². The standard InChI is InChI=1S/C18H30O3/c1-2-16-17(21-16)14-12-10-8-6-4-3-5-7-9-11-13-15-18(19)20/h4,6,10,12,16-17H,2-3,5,7-9,11,13-15H2,1H3,(H,19,20)/b6-4-,12-10-/t16-,17-/m1/s1. The molecule has 0 saturated carbocycles. The van der Waals surface area contributed by atoms with Gasteiger partial charge in [0.05, 0.1) is 12.2 Å². The van der Waals surface area contributed by atoms with E-state index in [1.807, 2.05) is 0 Å². The summed E-state index contributed by atoms with van der Waals surface area (Å²) in [6.45, 7) is 2.17. The average Bonchev–Trinajstić information content (AvgIpc) is 3.22. The molecule has 3 heteroatoms. The minimum Gasteiger partial charge on any atom is -0.481 e. The van der Waals surface area contributed by atoms with Gasteiger partial charge in [-0.15, -0.1) is 0 Å². The maximum atomic E-state index is 10.3. The minimum absolute atomic E-state index is 0.317. The normalized spacial score (nSPS) is 21.4. The molecule has 1 aliphatic heterocycles. The number of carboxylic acids is 1. The van der Waals surface area contributed by atoms with E-state index in [9.17, 15) is 4.79 Å². The monoisotopic (exact) mass is 294 g/mol. The number of rotatable bonds is 13. The highest BCUT2D eigenvalue weighted by molar-refractivity contribution is 5.66. The van der Waals surface area contributed by atoms with E-state index in [4.69, 9.17) is 9.84 Å². The van der Waals surface area contributed by atoms with Crippen LogP contribution >= 0.6 is 0 Å². The first-order valence-electron chi connectivity index (χ1n) is 8.41. The van der Waals surface area contributed by atoms with Crippen molar-refractivity contribution in [3.05, 3.63) is 24.3 Å². The number of unbranched alkanes of at least 4 members (excludes halogenated alkanes) is 5. The Morgan fingerprint density at radius 1 is 1.00 bits per heavy atom. The van der Waals surface area contributed by atoms with E-state index < -0.39 is 5.97 Å². The lowest BCUT2D eigenvalue weighted by Crippen LogP contribution is -1.93. The number of hydrogen-bond acceptors (Lipinski definition) is 2. The largest absolute Gasteiger partial charge is 0.481 e. The fourth-order valence-corrected chi connectivity index (χ4v) is 2.43. The van der Waals surface area contributed by atoms with Crippen LogP contribution in [0.4, 0.5) is 0 Å². The number of carbonyl (C=O) groups is 1. The van der Waals surface area contributed by atoms with Crippen LogP contribution < -0.4 is 0 Å². The Labute approximate surface area is 129 Å². The van der Waals surface area contributed by atoms with Crippen molar-refractivity contribution in [1.82, 2.24) is 0 Å². The molecule has 3 nitrogen and oxygen atoms in total. The van der Waals surface area contributed by atoms with Gasteiger partial charge in [-0.2, -0.15) is 0 Å². The fourth-order valence-electron chi connectivity index (χ4n) is 2.43. The van der Waals surface area contributed by atoms with E-state index in [-0.39, 0.29) is 0 Å². The van der Waals surface area contributed by atoms with Crippen molar-refractivity contribution in [2.75, 3.05) is 0 Å². The van der Waals surface area contributed by atoms with Gasteiger partial charge in [-0.3, -0.25) is 4.79 Å². The Morgan fingerprint density at radius 2 is 1.71 bits per heavy atom. The Morgan fingerprint density at radius 3 is 2.43 bits per heavy atom. The second kappa shape index (κ2) is 11.6. The van der Waals surface area contributed by atoms with Crippen molar-refractivity contribution in [3.8, 4) is 0 Å². The van der Waals surface area contributed by atoms with E-state index in [2.05, 4.69) is 31.2 Å². The molecule has 1 fully saturated rings. The van der Waals surface area contributed by atoms with Crippen LogP contribution in [0.25, 0.3) is 0 Å². The third kappa shape index (κ3) is 10.3. The summed E-state index contributed by atoms with van der Waals surface area (Å²) in [5.74, 6) is -0.676. The zero-order chi connectivity index (χ0) is 15.3. The van der Waals surface area contributed by atoms with E-state index >= 15 is 0 Å². The quantitative estimate of drug-likeness (QED) is 0.299. The lowest BCUT2D eigenvalue weighted by atomic mass is 10.1. The van der Waals surface area contributed by atoms with E-state index in [0.717, 1.165) is 44.9 Å². The van der Waals surface area contributed by atoms with Crippen LogP contribution in [0.15, 0.2) is 24.3 Å². The predicted molar refractivity (Wildman–Crippen MR) is 86.4 cm³/mol. The van der Waals surface area contributed by atoms with Gasteiger partial charge in [0.1, 0.15) is 0 Å². The minimum atomic E-state index is -0.676. The van der Waals surface area contributed by atoms with Crippen LogP contribution in [-0.2, 0) is 9.53 Å². The third-order valence-corrected chi connectivity index (χ3v) is 3.83. The highest BCUT2D eigenvalue weighted by Gasteiger charge is 2.35. The van der Waals surface area contributed by atoms with Crippen molar-refractivity contribution in [3.63, 3.8) is 0 Å². The summed E-state index contributed by atoms with van der Waals surface area (Å²) in [5, 5.41) is 8.51. The Balaban J connectivity index is 1.80. The van der Waals surface area contributed by atoms with E-state index in [1.165, 1.54) is 12.8 Å². The molecule has 0 aromatic carbocycles. The summed E-state index contributed by atoms with van der Waals surface area (Å²) in [6.07, 6.45) is 20.0. The second-order valence-corrected chi connectivity index (χ2v) is 5.74. The van der Waals surface area contributed by atoms with Crippen molar-refractivity contribution in [2.24, 2.45) is 0 Å². The molecular weight excluding hydrogens is 264 g/mol. The maximum absolute atomic E-state index is 10.3. The van der Waals surface area contributed by atoms with Crippen molar-refractivity contribution >= 4 is 5.97 Å². The van der Waals surface area contributed by atoms with Crippen LogP contribution in [0.3, 0.4) is 0 Å². The molecule has 21 heavy (non-hydrogen) atoms. The second-order valence-electron chi connectivity index (χ2n) is 5.74. The lowest BCUT2D eigenvalue weighted by Gasteiger charge is -1.98. The third-order valence-electron chi connectivity index (χ3n) is 3.83. The Bertz CT molecular complexity index is 333. The summed E-state index contributed by atoms with van der Waals surface area (Å²) in [6, 6.07) is 0. The Kier molecular flexibility index (Phi) is 9.88. The number of epoxide rings is 1. The summed E-state index contributed by atoms with van der Waals surface area (Å²) in [7, 11) is 0. The molecule has 0 unspecified atom stereocenters. The zero-order valence-corrected chi connectivity index (χ0v) is 13.3. The van der Waals surface area contributed by atoms with Gasteiger partial charge >= 0.3 is 5.97 Å². The number of aliphatic carboxylic acids is 1. The van der Waals surface area contributed by atoms with Gasteiger partial charge in [0.15, 0.2) is 0 Å². The molecule has 0 bridgehead atoms. The molecule has 0 spiro atoms. The molecule has 0 aromatic heterocycles. The molecule has 0 aromatic rings. The maximum Gasteiger partial charge on any atom is 0.303 e. The predicted octanol–water partition coefficient (Wildman–Crippen LogP) is 4.87. The van der Waals surface area contributed by atoms with E-state index in [1.54, 1.807) is 0 Å². The molecule has 1 heterocycles. The molecular formula is C18H30O3. The lowest BCUT2D eigenvalue weighted by molar-refractivity contribution is -0.137. The number of ether oxygens (including phenoxy) is 1. The molecule has 120 valence electrons. The van der Waals surface area contributed by atoms with Crippen LogP contribution in [0, 0.1) is 0 Å². The number of carboxylic acid groups (broad SMARTS) is 1. The topological polar surface area (TPSA) is 49.8 Å². The first-order chi connectivity index (χ1) is 10.2. The SMILES string of the molecule is CC[C@H]1O[C@@H]1C/C=C\C/C=C\CCCCCCCC(=O)O. The first kappa shape index (κ1) is 18.0. The summed E-state index contributed by atoms with van der Waals surface area (Å²) in [4.78, 5) is 10.3. The van der Waals surface area contributed by atoms with Gasteiger partial charge in [0.2, 0.25) is 0 Å². The summed E-state index contributed by atoms with van der Waals surface area (Å²) in [5.41, 5.74) is 0. The van der Waals surface area contributed by atoms with Crippen molar-refractivity contribution < 1.29 is 14.6 Å². The van der Waals surface area contributed by atoms with Gasteiger partial charge in [0, 0.05) is 6.42 Å². The molecule has 0 radical (unpaired) electrons. The van der Waals surface area contributed by atoms with Crippen LogP contribution in [0.1, 0.15) is 71.1 Å². The summed E-state index contributed by atoms with van der Waals surface area (Å²) < 4.78 is 5.48. The smallest absolute Gasteiger partial charge is 0.303 e. The highest BCUT2D eigenvalue weighted by atomic mass is 16.6. The van der Waals surface area contributed by atoms with E-state index in [0.29, 0.717) is 18.6 Å². The van der Waals surface area contributed by atoms with Gasteiger partial charge in [0.25, 0.3) is 0 Å². The molecule has 0 aliphatic carbocycles. The van der Waals surface area contributed by atoms with Gasteiger partial charge in [-0.1, -0.05) is 50.5 Å². The van der Waals surface area contributed by atoms with Crippen molar-refractivity contribution in [1.29, 1.82) is 0 Å². The number of hydrogen-bond donors (Lipinski definition) is 1.